The van der Waals surface area contributed by atoms with Crippen molar-refractivity contribution in [2.45, 2.75) is 19.8 Å². The molecule has 3 nitrogen and oxygen atoms in total. The number of benzene rings is 1. The molecule has 18 heavy (non-hydrogen) atoms. The number of hydrogen-bond acceptors (Lipinski definition) is 3. The third-order valence-corrected chi connectivity index (χ3v) is 3.70. The zero-order valence-corrected chi connectivity index (χ0v) is 12.3. The first kappa shape index (κ1) is 13.3. The van der Waals surface area contributed by atoms with Crippen LogP contribution in [0.1, 0.15) is 19.0 Å². The van der Waals surface area contributed by atoms with E-state index in [0.717, 1.165) is 28.6 Å². The molecule has 0 saturated carbocycles. The van der Waals surface area contributed by atoms with Gasteiger partial charge in [0.1, 0.15) is 5.82 Å². The number of halogens is 2. The van der Waals surface area contributed by atoms with Gasteiger partial charge in [-0.3, -0.25) is 0 Å². The molecular weight excluding hydrogens is 314 g/mol. The van der Waals surface area contributed by atoms with Crippen LogP contribution in [0.25, 0.3) is 11.4 Å². The van der Waals surface area contributed by atoms with E-state index in [4.69, 9.17) is 17.3 Å². The minimum atomic E-state index is 0.495. The van der Waals surface area contributed by atoms with Gasteiger partial charge < -0.3 is 5.73 Å². The summed E-state index contributed by atoms with van der Waals surface area (Å²) in [5.41, 5.74) is 7.67. The highest BCUT2D eigenvalue weighted by Gasteiger charge is 2.07. The molecule has 1 heterocycles. The average Bonchev–Trinajstić information content (AvgIpc) is 2.32. The highest BCUT2D eigenvalue weighted by Crippen LogP contribution is 2.27. The van der Waals surface area contributed by atoms with Gasteiger partial charge in [0.05, 0.1) is 5.02 Å². The average molecular weight is 327 g/mol. The van der Waals surface area contributed by atoms with Gasteiger partial charge in [0, 0.05) is 21.8 Å². The summed E-state index contributed by atoms with van der Waals surface area (Å²) in [6.45, 7) is 2.11. The van der Waals surface area contributed by atoms with Crippen LogP contribution < -0.4 is 5.73 Å². The van der Waals surface area contributed by atoms with Crippen molar-refractivity contribution >= 4 is 33.3 Å². The van der Waals surface area contributed by atoms with E-state index >= 15 is 0 Å². The molecule has 0 bridgehead atoms. The fourth-order valence-corrected chi connectivity index (χ4v) is 2.16. The number of nitrogens with two attached hydrogens (primary N) is 1. The Morgan fingerprint density at radius 3 is 2.72 bits per heavy atom. The SMILES string of the molecule is CCCc1cc(N)nc(-c2ccc(Cl)c(Br)c2)n1. The quantitative estimate of drug-likeness (QED) is 0.924. The Bertz CT molecular complexity index is 572. The van der Waals surface area contributed by atoms with Gasteiger partial charge in [-0.05, 0) is 40.5 Å². The molecule has 0 radical (unpaired) electrons. The Morgan fingerprint density at radius 2 is 2.06 bits per heavy atom. The van der Waals surface area contributed by atoms with E-state index in [1.165, 1.54) is 0 Å². The van der Waals surface area contributed by atoms with Gasteiger partial charge >= 0.3 is 0 Å². The van der Waals surface area contributed by atoms with Gasteiger partial charge in [0.25, 0.3) is 0 Å². The summed E-state index contributed by atoms with van der Waals surface area (Å²) in [4.78, 5) is 8.77. The first-order valence-electron chi connectivity index (χ1n) is 5.69. The number of nitrogens with zero attached hydrogens (tertiary/aromatic N) is 2. The van der Waals surface area contributed by atoms with Crippen LogP contribution in [0.3, 0.4) is 0 Å². The Kier molecular flexibility index (Phi) is 4.19. The van der Waals surface area contributed by atoms with Crippen LogP contribution >= 0.6 is 27.5 Å². The summed E-state index contributed by atoms with van der Waals surface area (Å²) in [6.07, 6.45) is 1.93. The molecule has 5 heteroatoms. The lowest BCUT2D eigenvalue weighted by atomic mass is 10.2. The molecule has 0 spiro atoms. The summed E-state index contributed by atoms with van der Waals surface area (Å²) in [5.74, 6) is 1.13. The standard InChI is InChI=1S/C13H13BrClN3/c1-2-3-9-7-12(16)18-13(17-9)8-4-5-11(15)10(14)6-8/h4-7H,2-3H2,1H3,(H2,16,17,18). The first-order chi connectivity index (χ1) is 8.60. The van der Waals surface area contributed by atoms with E-state index in [-0.39, 0.29) is 0 Å². The Balaban J connectivity index is 2.46. The van der Waals surface area contributed by atoms with Crippen LogP contribution in [0.2, 0.25) is 5.02 Å². The van der Waals surface area contributed by atoms with Gasteiger partial charge in [0.2, 0.25) is 0 Å². The van der Waals surface area contributed by atoms with Crippen molar-refractivity contribution in [3.05, 3.63) is 39.5 Å². The Labute approximate surface area is 120 Å². The fourth-order valence-electron chi connectivity index (χ4n) is 1.67. The molecule has 0 saturated heterocycles. The molecule has 0 aliphatic carbocycles. The number of aryl methyl sites for hydroxylation is 1. The van der Waals surface area contributed by atoms with Crippen LogP contribution in [0.4, 0.5) is 5.82 Å². The van der Waals surface area contributed by atoms with E-state index in [0.29, 0.717) is 16.7 Å². The van der Waals surface area contributed by atoms with E-state index in [9.17, 15) is 0 Å². The highest BCUT2D eigenvalue weighted by atomic mass is 79.9. The number of anilines is 1. The number of nitrogen functional groups attached to an aromatic ring is 1. The maximum absolute atomic E-state index is 5.97. The minimum absolute atomic E-state index is 0.495. The van der Waals surface area contributed by atoms with Crippen LogP contribution in [0.5, 0.6) is 0 Å². The Hall–Kier alpha value is -1.13. The first-order valence-corrected chi connectivity index (χ1v) is 6.86. The summed E-state index contributed by atoms with van der Waals surface area (Å²) < 4.78 is 0.824. The van der Waals surface area contributed by atoms with E-state index in [1.807, 2.05) is 24.3 Å². The van der Waals surface area contributed by atoms with Crippen molar-refractivity contribution in [1.29, 1.82) is 0 Å². The lowest BCUT2D eigenvalue weighted by Crippen LogP contribution is -2.00. The Morgan fingerprint density at radius 1 is 1.28 bits per heavy atom. The minimum Gasteiger partial charge on any atom is -0.384 e. The summed E-state index contributed by atoms with van der Waals surface area (Å²) in [6, 6.07) is 7.41. The third-order valence-electron chi connectivity index (χ3n) is 2.48. The normalized spacial score (nSPS) is 10.6. The van der Waals surface area contributed by atoms with Crippen molar-refractivity contribution in [1.82, 2.24) is 9.97 Å². The number of aromatic nitrogens is 2. The lowest BCUT2D eigenvalue weighted by molar-refractivity contribution is 0.877. The molecule has 0 fully saturated rings. The lowest BCUT2D eigenvalue weighted by Gasteiger charge is -2.06. The summed E-state index contributed by atoms with van der Waals surface area (Å²) in [5, 5.41) is 0.663. The molecule has 0 aliphatic rings. The zero-order chi connectivity index (χ0) is 13.1. The monoisotopic (exact) mass is 325 g/mol. The molecule has 1 aromatic carbocycles. The summed E-state index contributed by atoms with van der Waals surface area (Å²) >= 11 is 9.36. The van der Waals surface area contributed by atoms with Gasteiger partial charge in [-0.1, -0.05) is 24.9 Å². The number of hydrogen-bond donors (Lipinski definition) is 1. The van der Waals surface area contributed by atoms with Gasteiger partial charge in [-0.2, -0.15) is 0 Å². The van der Waals surface area contributed by atoms with Crippen molar-refractivity contribution in [2.75, 3.05) is 5.73 Å². The van der Waals surface area contributed by atoms with Gasteiger partial charge in [-0.25, -0.2) is 9.97 Å². The van der Waals surface area contributed by atoms with E-state index in [2.05, 4.69) is 32.8 Å². The highest BCUT2D eigenvalue weighted by molar-refractivity contribution is 9.10. The maximum atomic E-state index is 5.97. The van der Waals surface area contributed by atoms with E-state index < -0.39 is 0 Å². The predicted octanol–water partition coefficient (Wildman–Crippen LogP) is 4.09. The molecule has 0 aliphatic heterocycles. The molecule has 0 atom stereocenters. The van der Waals surface area contributed by atoms with Crippen molar-refractivity contribution in [2.24, 2.45) is 0 Å². The molecule has 1 aromatic heterocycles. The van der Waals surface area contributed by atoms with Crippen LogP contribution in [-0.2, 0) is 6.42 Å². The smallest absolute Gasteiger partial charge is 0.161 e. The topological polar surface area (TPSA) is 51.8 Å². The summed E-state index contributed by atoms with van der Waals surface area (Å²) in [7, 11) is 0. The largest absolute Gasteiger partial charge is 0.384 e. The van der Waals surface area contributed by atoms with Crippen LogP contribution in [0, 0.1) is 0 Å². The van der Waals surface area contributed by atoms with Crippen LogP contribution in [0.15, 0.2) is 28.7 Å². The predicted molar refractivity (Wildman–Crippen MR) is 78.6 cm³/mol. The molecule has 0 unspecified atom stereocenters. The van der Waals surface area contributed by atoms with Crippen LogP contribution in [-0.4, -0.2) is 9.97 Å². The van der Waals surface area contributed by atoms with E-state index in [1.54, 1.807) is 0 Å². The molecular formula is C13H13BrClN3. The second kappa shape index (κ2) is 5.67. The number of rotatable bonds is 3. The van der Waals surface area contributed by atoms with Gasteiger partial charge in [0.15, 0.2) is 5.82 Å². The van der Waals surface area contributed by atoms with Crippen molar-refractivity contribution in [3.8, 4) is 11.4 Å². The fraction of sp³-hybridized carbons (Fsp3) is 0.231. The molecule has 2 N–H and O–H groups in total. The van der Waals surface area contributed by atoms with Crippen molar-refractivity contribution in [3.63, 3.8) is 0 Å². The second-order valence-electron chi connectivity index (χ2n) is 3.99. The van der Waals surface area contributed by atoms with Gasteiger partial charge in [-0.15, -0.1) is 0 Å². The molecule has 94 valence electrons. The maximum Gasteiger partial charge on any atom is 0.161 e. The molecule has 0 amide bonds. The second-order valence-corrected chi connectivity index (χ2v) is 5.25. The zero-order valence-electron chi connectivity index (χ0n) is 9.95. The molecule has 2 aromatic rings. The van der Waals surface area contributed by atoms with Crippen molar-refractivity contribution < 1.29 is 0 Å². The third kappa shape index (κ3) is 3.00. The molecule has 2 rings (SSSR count).